The Morgan fingerprint density at radius 2 is 1.71 bits per heavy atom. The fourth-order valence-corrected chi connectivity index (χ4v) is 4.55. The summed E-state index contributed by atoms with van der Waals surface area (Å²) in [5, 5.41) is 2.92. The Balaban J connectivity index is 1.54. The molecule has 182 valence electrons. The largest absolute Gasteiger partial charge is 0.493 e. The van der Waals surface area contributed by atoms with Crippen LogP contribution in [0.5, 0.6) is 11.5 Å². The van der Waals surface area contributed by atoms with Gasteiger partial charge in [0.1, 0.15) is 5.82 Å². The van der Waals surface area contributed by atoms with E-state index in [1.807, 2.05) is 30.3 Å². The number of carbonyl (C=O) groups excluding carboxylic acids is 2. The molecule has 0 aromatic heterocycles. The number of rotatable bonds is 7. The molecule has 4 rings (SSSR count). The number of benzene rings is 3. The number of carbonyl (C=O) groups is 2. The van der Waals surface area contributed by atoms with Crippen LogP contribution in [0.4, 0.5) is 4.39 Å². The maximum atomic E-state index is 13.5. The molecule has 1 N–H and O–H groups in total. The number of methoxy groups -OCH3 is 2. The van der Waals surface area contributed by atoms with E-state index in [1.165, 1.54) is 19.2 Å². The van der Waals surface area contributed by atoms with Crippen molar-refractivity contribution in [2.24, 2.45) is 5.92 Å². The second-order valence-electron chi connectivity index (χ2n) is 8.67. The van der Waals surface area contributed by atoms with Crippen LogP contribution in [0.1, 0.15) is 33.8 Å². The molecule has 0 spiro atoms. The summed E-state index contributed by atoms with van der Waals surface area (Å²) in [5.41, 5.74) is 2.24. The van der Waals surface area contributed by atoms with E-state index in [1.54, 1.807) is 42.3 Å². The summed E-state index contributed by atoms with van der Waals surface area (Å²) >= 11 is 0. The van der Waals surface area contributed by atoms with E-state index in [0.717, 1.165) is 5.56 Å². The standard InChI is InChI=1S/C28H29FN2O4/c1-34-25-12-11-21(15-26(25)35-2)28(33)31-17-22(20-8-4-3-5-9-20)14-23(18-31)27(32)30-16-19-7-6-10-24(29)13-19/h3-13,15,22-23H,14,16-18H2,1-2H3,(H,30,32). The molecular weight excluding hydrogens is 447 g/mol. The summed E-state index contributed by atoms with van der Waals surface area (Å²) in [7, 11) is 3.07. The fourth-order valence-electron chi connectivity index (χ4n) is 4.55. The van der Waals surface area contributed by atoms with Crippen molar-refractivity contribution in [3.8, 4) is 11.5 Å². The zero-order valence-corrected chi connectivity index (χ0v) is 19.9. The van der Waals surface area contributed by atoms with Crippen LogP contribution in [-0.2, 0) is 11.3 Å². The Bertz CT molecular complexity index is 1180. The fraction of sp³-hybridized carbons (Fsp3) is 0.286. The summed E-state index contributed by atoms with van der Waals surface area (Å²) in [5.74, 6) is -0.0378. The van der Waals surface area contributed by atoms with Crippen molar-refractivity contribution >= 4 is 11.8 Å². The van der Waals surface area contributed by atoms with Gasteiger partial charge < -0.3 is 19.7 Å². The highest BCUT2D eigenvalue weighted by atomic mass is 19.1. The first-order valence-electron chi connectivity index (χ1n) is 11.6. The minimum Gasteiger partial charge on any atom is -0.493 e. The highest BCUT2D eigenvalue weighted by molar-refractivity contribution is 5.95. The lowest BCUT2D eigenvalue weighted by molar-refractivity contribution is -0.126. The predicted molar refractivity (Wildman–Crippen MR) is 131 cm³/mol. The first-order chi connectivity index (χ1) is 17.0. The van der Waals surface area contributed by atoms with Gasteiger partial charge >= 0.3 is 0 Å². The normalized spacial score (nSPS) is 17.5. The molecule has 1 aliphatic rings. The number of amides is 2. The maximum Gasteiger partial charge on any atom is 0.254 e. The lowest BCUT2D eigenvalue weighted by Gasteiger charge is -2.37. The van der Waals surface area contributed by atoms with Crippen LogP contribution in [0.25, 0.3) is 0 Å². The summed E-state index contributed by atoms with van der Waals surface area (Å²) in [6.07, 6.45) is 0.620. The van der Waals surface area contributed by atoms with E-state index < -0.39 is 5.92 Å². The van der Waals surface area contributed by atoms with Gasteiger partial charge in [0.2, 0.25) is 5.91 Å². The van der Waals surface area contributed by atoms with Crippen molar-refractivity contribution in [2.45, 2.75) is 18.9 Å². The third-order valence-corrected chi connectivity index (χ3v) is 6.37. The van der Waals surface area contributed by atoms with Gasteiger partial charge in [-0.1, -0.05) is 42.5 Å². The SMILES string of the molecule is COc1ccc(C(=O)N2CC(C(=O)NCc3cccc(F)c3)CC(c3ccccc3)C2)cc1OC. The Labute approximate surface area is 204 Å². The van der Waals surface area contributed by atoms with Crippen LogP contribution in [0.3, 0.4) is 0 Å². The Morgan fingerprint density at radius 1 is 0.943 bits per heavy atom. The van der Waals surface area contributed by atoms with E-state index in [2.05, 4.69) is 5.32 Å². The molecule has 7 heteroatoms. The van der Waals surface area contributed by atoms with Crippen molar-refractivity contribution in [3.63, 3.8) is 0 Å². The number of nitrogens with one attached hydrogen (secondary N) is 1. The minimum atomic E-state index is -0.397. The number of piperidine rings is 1. The van der Waals surface area contributed by atoms with Gasteiger partial charge in [-0.2, -0.15) is 0 Å². The average molecular weight is 477 g/mol. The zero-order valence-electron chi connectivity index (χ0n) is 19.9. The summed E-state index contributed by atoms with van der Waals surface area (Å²) in [6, 6.07) is 21.1. The predicted octanol–water partition coefficient (Wildman–Crippen LogP) is 4.41. The molecular formula is C28H29FN2O4. The van der Waals surface area contributed by atoms with Gasteiger partial charge in [0.25, 0.3) is 5.91 Å². The number of nitrogens with zero attached hydrogens (tertiary/aromatic N) is 1. The van der Waals surface area contributed by atoms with Crippen LogP contribution in [-0.4, -0.2) is 44.0 Å². The molecule has 1 saturated heterocycles. The molecule has 35 heavy (non-hydrogen) atoms. The number of hydrogen-bond acceptors (Lipinski definition) is 4. The van der Waals surface area contributed by atoms with Crippen LogP contribution >= 0.6 is 0 Å². The molecule has 0 bridgehead atoms. The molecule has 2 atom stereocenters. The summed E-state index contributed by atoms with van der Waals surface area (Å²) < 4.78 is 24.2. The molecule has 0 aliphatic carbocycles. The lowest BCUT2D eigenvalue weighted by atomic mass is 9.83. The van der Waals surface area contributed by atoms with Crippen LogP contribution in [0, 0.1) is 11.7 Å². The molecule has 6 nitrogen and oxygen atoms in total. The van der Waals surface area contributed by atoms with Gasteiger partial charge in [-0.05, 0) is 47.9 Å². The smallest absolute Gasteiger partial charge is 0.254 e. The molecule has 1 fully saturated rings. The second-order valence-corrected chi connectivity index (χ2v) is 8.67. The van der Waals surface area contributed by atoms with Gasteiger partial charge in [-0.3, -0.25) is 9.59 Å². The quantitative estimate of drug-likeness (QED) is 0.549. The minimum absolute atomic E-state index is 0.0129. The molecule has 2 unspecified atom stereocenters. The summed E-state index contributed by atoms with van der Waals surface area (Å²) in [4.78, 5) is 28.4. The Morgan fingerprint density at radius 3 is 2.43 bits per heavy atom. The van der Waals surface area contributed by atoms with Gasteiger partial charge in [-0.25, -0.2) is 4.39 Å². The van der Waals surface area contributed by atoms with Crippen molar-refractivity contribution < 1.29 is 23.5 Å². The molecule has 0 radical (unpaired) electrons. The summed E-state index contributed by atoms with van der Waals surface area (Å²) in [6.45, 7) is 1.03. The number of halogens is 1. The topological polar surface area (TPSA) is 67.9 Å². The van der Waals surface area contributed by atoms with E-state index >= 15 is 0 Å². The van der Waals surface area contributed by atoms with Crippen molar-refractivity contribution in [1.82, 2.24) is 10.2 Å². The lowest BCUT2D eigenvalue weighted by Crippen LogP contribution is -2.48. The second kappa shape index (κ2) is 11.0. The van der Waals surface area contributed by atoms with Crippen LogP contribution in [0.15, 0.2) is 72.8 Å². The zero-order chi connectivity index (χ0) is 24.8. The van der Waals surface area contributed by atoms with Crippen LogP contribution < -0.4 is 14.8 Å². The Hall–Kier alpha value is -3.87. The first kappa shape index (κ1) is 24.3. The van der Waals surface area contributed by atoms with Crippen molar-refractivity contribution in [2.75, 3.05) is 27.3 Å². The molecule has 1 heterocycles. The maximum absolute atomic E-state index is 13.5. The van der Waals surface area contributed by atoms with Gasteiger partial charge in [-0.15, -0.1) is 0 Å². The Kier molecular flexibility index (Phi) is 7.65. The van der Waals surface area contributed by atoms with E-state index in [0.29, 0.717) is 42.1 Å². The van der Waals surface area contributed by atoms with Crippen LogP contribution in [0.2, 0.25) is 0 Å². The van der Waals surface area contributed by atoms with Gasteiger partial charge in [0, 0.05) is 31.1 Å². The highest BCUT2D eigenvalue weighted by Crippen LogP contribution is 2.33. The van der Waals surface area contributed by atoms with E-state index in [9.17, 15) is 14.0 Å². The van der Waals surface area contributed by atoms with E-state index in [4.69, 9.17) is 9.47 Å². The molecule has 0 saturated carbocycles. The average Bonchev–Trinajstić information content (AvgIpc) is 2.91. The number of ether oxygens (including phenoxy) is 2. The van der Waals surface area contributed by atoms with Gasteiger partial charge in [0.15, 0.2) is 11.5 Å². The third-order valence-electron chi connectivity index (χ3n) is 6.37. The molecule has 3 aromatic carbocycles. The number of hydrogen-bond donors (Lipinski definition) is 1. The van der Waals surface area contributed by atoms with E-state index in [-0.39, 0.29) is 30.1 Å². The van der Waals surface area contributed by atoms with Gasteiger partial charge in [0.05, 0.1) is 20.1 Å². The monoisotopic (exact) mass is 476 g/mol. The van der Waals surface area contributed by atoms with Crippen molar-refractivity contribution in [3.05, 3.63) is 95.3 Å². The first-order valence-corrected chi connectivity index (χ1v) is 11.6. The molecule has 1 aliphatic heterocycles. The molecule has 2 amide bonds. The molecule has 3 aromatic rings. The third kappa shape index (κ3) is 5.80. The van der Waals surface area contributed by atoms with Crippen molar-refractivity contribution in [1.29, 1.82) is 0 Å². The highest BCUT2D eigenvalue weighted by Gasteiger charge is 2.35. The number of likely N-dealkylation sites (tertiary alicyclic amines) is 1.